The van der Waals surface area contributed by atoms with Crippen molar-refractivity contribution in [1.29, 1.82) is 0 Å². The first-order valence-electron chi connectivity index (χ1n) is 7.63. The van der Waals surface area contributed by atoms with Crippen molar-refractivity contribution in [1.82, 2.24) is 15.5 Å². The maximum Gasteiger partial charge on any atom is 0.319 e. The Bertz CT molecular complexity index is 521. The molecule has 6 nitrogen and oxygen atoms in total. The summed E-state index contributed by atoms with van der Waals surface area (Å²) in [5, 5.41) is 8.75. The van der Waals surface area contributed by atoms with Crippen LogP contribution in [0.2, 0.25) is 0 Å². The van der Waals surface area contributed by atoms with Gasteiger partial charge in [0.05, 0.1) is 0 Å². The van der Waals surface area contributed by atoms with E-state index in [-0.39, 0.29) is 24.0 Å². The van der Waals surface area contributed by atoms with Crippen molar-refractivity contribution in [3.63, 3.8) is 0 Å². The van der Waals surface area contributed by atoms with Gasteiger partial charge in [0.1, 0.15) is 0 Å². The molecule has 1 aliphatic heterocycles. The van der Waals surface area contributed by atoms with Crippen LogP contribution in [0.4, 0.5) is 10.5 Å². The molecular weight excluding hydrogens is 280 g/mol. The lowest BCUT2D eigenvalue weighted by Crippen LogP contribution is -2.38. The summed E-state index contributed by atoms with van der Waals surface area (Å²) >= 11 is 0. The Morgan fingerprint density at radius 2 is 1.95 bits per heavy atom. The second-order valence-corrected chi connectivity index (χ2v) is 5.89. The van der Waals surface area contributed by atoms with Crippen molar-refractivity contribution in [2.24, 2.45) is 0 Å². The maximum absolute atomic E-state index is 12.4. The molecule has 1 fully saturated rings. The summed E-state index contributed by atoms with van der Waals surface area (Å²) in [5.74, 6) is 0.00637. The van der Waals surface area contributed by atoms with E-state index in [1.54, 1.807) is 29.2 Å². The van der Waals surface area contributed by atoms with Gasteiger partial charge >= 0.3 is 6.03 Å². The second-order valence-electron chi connectivity index (χ2n) is 5.89. The normalized spacial score (nSPS) is 17.4. The molecule has 0 aliphatic carbocycles. The Hall–Kier alpha value is -2.08. The van der Waals surface area contributed by atoms with Gasteiger partial charge in [0.2, 0.25) is 0 Å². The highest BCUT2D eigenvalue weighted by Gasteiger charge is 2.23. The standard InChI is InChI=1S/C16H24N4O2/c1-11(2)18-16(22)19-13-6-4-12(5-7-13)15(21)20(3)14-8-9-17-10-14/h4-7,11,14,17H,8-10H2,1-3H3,(H2,18,19,22). The van der Waals surface area contributed by atoms with E-state index in [0.29, 0.717) is 11.3 Å². The van der Waals surface area contributed by atoms with Crippen LogP contribution in [0.5, 0.6) is 0 Å². The number of rotatable bonds is 4. The third-order valence-corrected chi connectivity index (χ3v) is 3.71. The molecule has 2 rings (SSSR count). The number of likely N-dealkylation sites (N-methyl/N-ethyl adjacent to an activating group) is 1. The Kier molecular flexibility index (Phi) is 5.38. The smallest absolute Gasteiger partial charge is 0.319 e. The predicted octanol–water partition coefficient (Wildman–Crippen LogP) is 1.65. The largest absolute Gasteiger partial charge is 0.337 e. The molecule has 0 bridgehead atoms. The molecule has 1 atom stereocenters. The van der Waals surface area contributed by atoms with Gasteiger partial charge in [0.25, 0.3) is 5.91 Å². The zero-order valence-corrected chi connectivity index (χ0v) is 13.3. The number of hydrogen-bond donors (Lipinski definition) is 3. The number of benzene rings is 1. The molecule has 1 heterocycles. The molecule has 3 amide bonds. The third kappa shape index (κ3) is 4.21. The molecule has 1 aromatic rings. The van der Waals surface area contributed by atoms with E-state index in [1.165, 1.54) is 0 Å². The Balaban J connectivity index is 1.96. The van der Waals surface area contributed by atoms with Crippen molar-refractivity contribution in [2.75, 3.05) is 25.5 Å². The van der Waals surface area contributed by atoms with Crippen LogP contribution < -0.4 is 16.0 Å². The molecule has 0 aromatic heterocycles. The van der Waals surface area contributed by atoms with E-state index < -0.39 is 0 Å². The highest BCUT2D eigenvalue weighted by Crippen LogP contribution is 2.14. The first-order chi connectivity index (χ1) is 10.5. The fraction of sp³-hybridized carbons (Fsp3) is 0.500. The zero-order chi connectivity index (χ0) is 16.1. The molecule has 1 aromatic carbocycles. The Labute approximate surface area is 131 Å². The molecule has 1 aliphatic rings. The maximum atomic E-state index is 12.4. The highest BCUT2D eigenvalue weighted by atomic mass is 16.2. The van der Waals surface area contributed by atoms with E-state index in [0.717, 1.165) is 19.5 Å². The van der Waals surface area contributed by atoms with Crippen LogP contribution in [0.1, 0.15) is 30.6 Å². The lowest BCUT2D eigenvalue weighted by molar-refractivity contribution is 0.0744. The minimum absolute atomic E-state index is 0.00637. The van der Waals surface area contributed by atoms with Crippen molar-refractivity contribution in [3.05, 3.63) is 29.8 Å². The third-order valence-electron chi connectivity index (χ3n) is 3.71. The van der Waals surface area contributed by atoms with Crippen LogP contribution in [-0.4, -0.2) is 49.1 Å². The average Bonchev–Trinajstić information content (AvgIpc) is 2.99. The number of urea groups is 1. The minimum Gasteiger partial charge on any atom is -0.337 e. The number of nitrogens with zero attached hydrogens (tertiary/aromatic N) is 1. The quantitative estimate of drug-likeness (QED) is 0.792. The SMILES string of the molecule is CC(C)NC(=O)Nc1ccc(C(=O)N(C)C2CCNC2)cc1. The number of hydrogen-bond acceptors (Lipinski definition) is 3. The average molecular weight is 304 g/mol. The summed E-state index contributed by atoms with van der Waals surface area (Å²) in [7, 11) is 1.84. The minimum atomic E-state index is -0.247. The van der Waals surface area contributed by atoms with Crippen molar-refractivity contribution in [2.45, 2.75) is 32.4 Å². The van der Waals surface area contributed by atoms with E-state index >= 15 is 0 Å². The molecule has 120 valence electrons. The second kappa shape index (κ2) is 7.26. The van der Waals surface area contributed by atoms with Crippen molar-refractivity contribution in [3.8, 4) is 0 Å². The fourth-order valence-electron chi connectivity index (χ4n) is 2.46. The van der Waals surface area contributed by atoms with Gasteiger partial charge < -0.3 is 20.9 Å². The molecule has 1 unspecified atom stereocenters. The number of nitrogens with one attached hydrogen (secondary N) is 3. The highest BCUT2D eigenvalue weighted by molar-refractivity contribution is 5.95. The van der Waals surface area contributed by atoms with Gasteiger partial charge in [-0.1, -0.05) is 0 Å². The van der Waals surface area contributed by atoms with E-state index in [1.807, 2.05) is 20.9 Å². The van der Waals surface area contributed by atoms with Gasteiger partial charge in [-0.25, -0.2) is 4.79 Å². The first-order valence-corrected chi connectivity index (χ1v) is 7.63. The van der Waals surface area contributed by atoms with E-state index in [9.17, 15) is 9.59 Å². The van der Waals surface area contributed by atoms with Gasteiger partial charge in [-0.15, -0.1) is 0 Å². The summed E-state index contributed by atoms with van der Waals surface area (Å²) < 4.78 is 0. The molecule has 1 saturated heterocycles. The Morgan fingerprint density at radius 1 is 1.27 bits per heavy atom. The summed E-state index contributed by atoms with van der Waals surface area (Å²) in [6.07, 6.45) is 0.983. The zero-order valence-electron chi connectivity index (χ0n) is 13.3. The van der Waals surface area contributed by atoms with Crippen molar-refractivity contribution < 1.29 is 9.59 Å². The summed E-state index contributed by atoms with van der Waals surface area (Å²) in [4.78, 5) is 25.8. The molecule has 0 radical (unpaired) electrons. The van der Waals surface area contributed by atoms with E-state index in [4.69, 9.17) is 0 Å². The van der Waals surface area contributed by atoms with Gasteiger partial charge in [0, 0.05) is 36.9 Å². The molecule has 0 spiro atoms. The van der Waals surface area contributed by atoms with Gasteiger partial charge in [-0.2, -0.15) is 0 Å². The molecule has 6 heteroatoms. The first kappa shape index (κ1) is 16.3. The van der Waals surface area contributed by atoms with Crippen LogP contribution in [0.25, 0.3) is 0 Å². The van der Waals surface area contributed by atoms with Crippen LogP contribution in [-0.2, 0) is 0 Å². The molecular formula is C16H24N4O2. The fourth-order valence-corrected chi connectivity index (χ4v) is 2.46. The van der Waals surface area contributed by atoms with Crippen LogP contribution in [0.3, 0.4) is 0 Å². The van der Waals surface area contributed by atoms with Crippen LogP contribution >= 0.6 is 0 Å². The van der Waals surface area contributed by atoms with Crippen LogP contribution in [0.15, 0.2) is 24.3 Å². The number of anilines is 1. The van der Waals surface area contributed by atoms with Gasteiger partial charge in [-0.3, -0.25) is 4.79 Å². The molecule has 22 heavy (non-hydrogen) atoms. The van der Waals surface area contributed by atoms with Crippen molar-refractivity contribution >= 4 is 17.6 Å². The summed E-state index contributed by atoms with van der Waals surface area (Å²) in [6.45, 7) is 5.59. The van der Waals surface area contributed by atoms with Gasteiger partial charge in [0.15, 0.2) is 0 Å². The van der Waals surface area contributed by atoms with Crippen LogP contribution in [0, 0.1) is 0 Å². The molecule has 3 N–H and O–H groups in total. The number of carbonyl (C=O) groups excluding carboxylic acids is 2. The predicted molar refractivity (Wildman–Crippen MR) is 87.1 cm³/mol. The number of carbonyl (C=O) groups is 2. The van der Waals surface area contributed by atoms with Gasteiger partial charge in [-0.05, 0) is 51.1 Å². The summed E-state index contributed by atoms with van der Waals surface area (Å²) in [6, 6.07) is 7.06. The molecule has 0 saturated carbocycles. The number of amides is 3. The summed E-state index contributed by atoms with van der Waals surface area (Å²) in [5.41, 5.74) is 1.30. The topological polar surface area (TPSA) is 73.5 Å². The lowest BCUT2D eigenvalue weighted by Gasteiger charge is -2.23. The Morgan fingerprint density at radius 3 is 2.50 bits per heavy atom. The van der Waals surface area contributed by atoms with E-state index in [2.05, 4.69) is 16.0 Å². The monoisotopic (exact) mass is 304 g/mol. The lowest BCUT2D eigenvalue weighted by atomic mass is 10.1.